The molecule has 0 aliphatic carbocycles. The van der Waals surface area contributed by atoms with Crippen LogP contribution in [0.5, 0.6) is 5.75 Å². The van der Waals surface area contributed by atoms with Crippen molar-refractivity contribution in [3.8, 4) is 11.8 Å². The molecule has 0 aliphatic rings. The van der Waals surface area contributed by atoms with Crippen LogP contribution in [0.1, 0.15) is 11.1 Å². The fourth-order valence-electron chi connectivity index (χ4n) is 1.38. The first-order chi connectivity index (χ1) is 8.29. The van der Waals surface area contributed by atoms with Crippen LogP contribution < -0.4 is 4.74 Å². The summed E-state index contributed by atoms with van der Waals surface area (Å²) in [5.74, 6) is 0.0823. The Hall–Kier alpha value is -2.41. The van der Waals surface area contributed by atoms with Gasteiger partial charge in [-0.15, -0.1) is 0 Å². The van der Waals surface area contributed by atoms with Gasteiger partial charge >= 0.3 is 0 Å². The Morgan fingerprint density at radius 1 is 1.29 bits per heavy atom. The van der Waals surface area contributed by atoms with Crippen LogP contribution in [0, 0.1) is 17.1 Å². The minimum atomic E-state index is -0.403. The van der Waals surface area contributed by atoms with Crippen molar-refractivity contribution < 1.29 is 9.13 Å². The van der Waals surface area contributed by atoms with Crippen LogP contribution in [-0.2, 0) is 6.61 Å². The Morgan fingerprint density at radius 2 is 2.12 bits per heavy atom. The van der Waals surface area contributed by atoms with Gasteiger partial charge in [0.2, 0.25) is 0 Å². The van der Waals surface area contributed by atoms with Gasteiger partial charge in [-0.1, -0.05) is 12.1 Å². The standard InChI is InChI=1S/C13H9FN2O/c14-12-5-10(7-16-8-12)9-17-13-4-2-1-3-11(13)6-15/h1-5,7-8H,9H2. The molecule has 0 bridgehead atoms. The van der Waals surface area contributed by atoms with Crippen LogP contribution in [0.25, 0.3) is 0 Å². The largest absolute Gasteiger partial charge is 0.487 e. The van der Waals surface area contributed by atoms with E-state index in [2.05, 4.69) is 4.98 Å². The smallest absolute Gasteiger partial charge is 0.141 e. The zero-order chi connectivity index (χ0) is 12.1. The van der Waals surface area contributed by atoms with E-state index in [0.29, 0.717) is 16.9 Å². The molecule has 0 spiro atoms. The van der Waals surface area contributed by atoms with E-state index < -0.39 is 5.82 Å². The second-order valence-electron chi connectivity index (χ2n) is 3.41. The SMILES string of the molecule is N#Cc1ccccc1OCc1cncc(F)c1. The quantitative estimate of drug-likeness (QED) is 0.811. The summed E-state index contributed by atoms with van der Waals surface area (Å²) in [5, 5.41) is 8.86. The van der Waals surface area contributed by atoms with Crippen LogP contribution in [0.3, 0.4) is 0 Å². The molecule has 0 amide bonds. The number of benzene rings is 1. The van der Waals surface area contributed by atoms with E-state index in [1.807, 2.05) is 6.07 Å². The molecule has 0 unspecified atom stereocenters. The summed E-state index contributed by atoms with van der Waals surface area (Å²) in [5.41, 5.74) is 1.08. The highest BCUT2D eigenvalue weighted by Crippen LogP contribution is 2.18. The lowest BCUT2D eigenvalue weighted by Gasteiger charge is -2.07. The van der Waals surface area contributed by atoms with Crippen molar-refractivity contribution in [2.24, 2.45) is 0 Å². The predicted molar refractivity (Wildman–Crippen MR) is 59.7 cm³/mol. The Balaban J connectivity index is 2.10. The lowest BCUT2D eigenvalue weighted by Crippen LogP contribution is -1.98. The number of nitrogens with zero attached hydrogens (tertiary/aromatic N) is 2. The van der Waals surface area contributed by atoms with E-state index in [4.69, 9.17) is 10.00 Å². The average Bonchev–Trinajstić information content (AvgIpc) is 2.37. The molecule has 0 fully saturated rings. The van der Waals surface area contributed by atoms with Crippen LogP contribution in [-0.4, -0.2) is 4.98 Å². The maximum absolute atomic E-state index is 12.9. The molecule has 0 atom stereocenters. The molecule has 0 saturated heterocycles. The van der Waals surface area contributed by atoms with Gasteiger partial charge in [-0.2, -0.15) is 5.26 Å². The van der Waals surface area contributed by atoms with Gasteiger partial charge < -0.3 is 4.74 Å². The number of rotatable bonds is 3. The normalized spacial score (nSPS) is 9.65. The molecule has 0 N–H and O–H groups in total. The van der Waals surface area contributed by atoms with Crippen LogP contribution in [0.4, 0.5) is 4.39 Å². The van der Waals surface area contributed by atoms with Crippen molar-refractivity contribution in [3.63, 3.8) is 0 Å². The lowest BCUT2D eigenvalue weighted by atomic mass is 10.2. The fourth-order valence-corrected chi connectivity index (χ4v) is 1.38. The van der Waals surface area contributed by atoms with E-state index >= 15 is 0 Å². The summed E-state index contributed by atoms with van der Waals surface area (Å²) in [6, 6.07) is 10.3. The second-order valence-corrected chi connectivity index (χ2v) is 3.41. The number of aromatic nitrogens is 1. The Kier molecular flexibility index (Phi) is 3.31. The van der Waals surface area contributed by atoms with Crippen LogP contribution >= 0.6 is 0 Å². The molecule has 0 saturated carbocycles. The molecule has 1 heterocycles. The maximum Gasteiger partial charge on any atom is 0.141 e. The highest BCUT2D eigenvalue weighted by Gasteiger charge is 2.02. The van der Waals surface area contributed by atoms with Crippen LogP contribution in [0.15, 0.2) is 42.7 Å². The maximum atomic E-state index is 12.9. The van der Waals surface area contributed by atoms with Gasteiger partial charge in [-0.05, 0) is 18.2 Å². The summed E-state index contributed by atoms with van der Waals surface area (Å²) >= 11 is 0. The number of halogens is 1. The summed E-state index contributed by atoms with van der Waals surface area (Å²) in [7, 11) is 0. The first-order valence-corrected chi connectivity index (χ1v) is 5.01. The third-order valence-electron chi connectivity index (χ3n) is 2.16. The molecular formula is C13H9FN2O. The van der Waals surface area contributed by atoms with Crippen molar-refractivity contribution in [3.05, 3.63) is 59.7 Å². The van der Waals surface area contributed by atoms with E-state index in [1.54, 1.807) is 24.3 Å². The molecule has 17 heavy (non-hydrogen) atoms. The Bertz CT molecular complexity index is 563. The van der Waals surface area contributed by atoms with Crippen molar-refractivity contribution in [2.75, 3.05) is 0 Å². The summed E-state index contributed by atoms with van der Waals surface area (Å²) in [6.07, 6.45) is 2.66. The lowest BCUT2D eigenvalue weighted by molar-refractivity contribution is 0.304. The van der Waals surface area contributed by atoms with Gasteiger partial charge in [-0.25, -0.2) is 4.39 Å². The zero-order valence-corrected chi connectivity index (χ0v) is 8.93. The highest BCUT2D eigenvalue weighted by molar-refractivity contribution is 5.42. The van der Waals surface area contributed by atoms with E-state index in [0.717, 1.165) is 6.20 Å². The highest BCUT2D eigenvalue weighted by atomic mass is 19.1. The Labute approximate surface area is 98.1 Å². The number of hydrogen-bond donors (Lipinski definition) is 0. The summed E-state index contributed by atoms with van der Waals surface area (Å²) in [6.45, 7) is 0.184. The monoisotopic (exact) mass is 228 g/mol. The number of nitriles is 1. The fraction of sp³-hybridized carbons (Fsp3) is 0.0769. The molecule has 4 heteroatoms. The number of para-hydroxylation sites is 1. The van der Waals surface area contributed by atoms with E-state index in [1.165, 1.54) is 12.3 Å². The van der Waals surface area contributed by atoms with Gasteiger partial charge in [-0.3, -0.25) is 4.98 Å². The van der Waals surface area contributed by atoms with Gasteiger partial charge in [0, 0.05) is 11.8 Å². The first kappa shape index (κ1) is 11.1. The zero-order valence-electron chi connectivity index (χ0n) is 8.93. The minimum absolute atomic E-state index is 0.184. The van der Waals surface area contributed by atoms with Crippen molar-refractivity contribution in [1.82, 2.24) is 4.98 Å². The first-order valence-electron chi connectivity index (χ1n) is 5.01. The van der Waals surface area contributed by atoms with E-state index in [9.17, 15) is 4.39 Å². The van der Waals surface area contributed by atoms with Crippen molar-refractivity contribution >= 4 is 0 Å². The molecule has 0 radical (unpaired) electrons. The number of pyridine rings is 1. The summed E-state index contributed by atoms with van der Waals surface area (Å²) in [4.78, 5) is 3.72. The predicted octanol–water partition coefficient (Wildman–Crippen LogP) is 2.67. The van der Waals surface area contributed by atoms with Crippen LogP contribution in [0.2, 0.25) is 0 Å². The molecule has 0 aliphatic heterocycles. The van der Waals surface area contributed by atoms with Gasteiger partial charge in [0.1, 0.15) is 24.2 Å². The molecule has 3 nitrogen and oxygen atoms in total. The minimum Gasteiger partial charge on any atom is -0.487 e. The molecule has 1 aromatic heterocycles. The third kappa shape index (κ3) is 2.79. The van der Waals surface area contributed by atoms with Gasteiger partial charge in [0.05, 0.1) is 11.8 Å². The molecular weight excluding hydrogens is 219 g/mol. The van der Waals surface area contributed by atoms with E-state index in [-0.39, 0.29) is 6.61 Å². The third-order valence-corrected chi connectivity index (χ3v) is 2.16. The van der Waals surface area contributed by atoms with Gasteiger partial charge in [0.25, 0.3) is 0 Å². The number of ether oxygens (including phenoxy) is 1. The molecule has 1 aromatic carbocycles. The molecule has 2 rings (SSSR count). The average molecular weight is 228 g/mol. The molecule has 84 valence electrons. The van der Waals surface area contributed by atoms with Gasteiger partial charge in [0.15, 0.2) is 0 Å². The Morgan fingerprint density at radius 3 is 2.88 bits per heavy atom. The second kappa shape index (κ2) is 5.08. The topological polar surface area (TPSA) is 45.9 Å². The molecule has 2 aromatic rings. The number of hydrogen-bond acceptors (Lipinski definition) is 3. The summed E-state index contributed by atoms with van der Waals surface area (Å²) < 4.78 is 18.3. The van der Waals surface area contributed by atoms with Crippen molar-refractivity contribution in [1.29, 1.82) is 5.26 Å². The van der Waals surface area contributed by atoms with Crippen molar-refractivity contribution in [2.45, 2.75) is 6.61 Å².